The fraction of sp³-hybridized carbons (Fsp3) is 0.700. The lowest BCUT2D eigenvalue weighted by molar-refractivity contribution is 0.0519. The van der Waals surface area contributed by atoms with Crippen LogP contribution in [0.1, 0.15) is 19.2 Å². The van der Waals surface area contributed by atoms with Gasteiger partial charge in [0, 0.05) is 32.0 Å². The number of aryl methyl sites for hydroxylation is 1. The minimum atomic E-state index is 0.687. The highest BCUT2D eigenvalue weighted by Gasteiger charge is 1.94. The summed E-state index contributed by atoms with van der Waals surface area (Å²) in [7, 11) is 0. The molecule has 14 heavy (non-hydrogen) atoms. The van der Waals surface area contributed by atoms with E-state index in [1.807, 2.05) is 13.1 Å². The van der Waals surface area contributed by atoms with Gasteiger partial charge in [-0.3, -0.25) is 0 Å². The van der Waals surface area contributed by atoms with E-state index in [-0.39, 0.29) is 0 Å². The van der Waals surface area contributed by atoms with E-state index in [0.29, 0.717) is 13.2 Å². The van der Waals surface area contributed by atoms with Gasteiger partial charge in [0.2, 0.25) is 0 Å². The summed E-state index contributed by atoms with van der Waals surface area (Å²) in [4.78, 5) is 7.18. The van der Waals surface area contributed by atoms with Crippen molar-refractivity contribution in [2.75, 3.05) is 26.4 Å². The largest absolute Gasteiger partial charge is 0.379 e. The Balaban J connectivity index is 1.85. The number of rotatable bonds is 8. The Morgan fingerprint density at radius 1 is 1.29 bits per heavy atom. The number of nitrogens with zero attached hydrogens (tertiary/aromatic N) is 1. The maximum Gasteiger partial charge on any atom is 0.106 e. The number of aromatic amines is 1. The van der Waals surface area contributed by atoms with Gasteiger partial charge in [0.15, 0.2) is 0 Å². The van der Waals surface area contributed by atoms with E-state index in [2.05, 4.69) is 9.97 Å². The summed E-state index contributed by atoms with van der Waals surface area (Å²) >= 11 is 0. The van der Waals surface area contributed by atoms with Crippen LogP contribution in [-0.2, 0) is 15.9 Å². The molecule has 1 N–H and O–H groups in total. The van der Waals surface area contributed by atoms with Gasteiger partial charge in [-0.15, -0.1) is 0 Å². The fourth-order valence-corrected chi connectivity index (χ4v) is 1.14. The van der Waals surface area contributed by atoms with Crippen molar-refractivity contribution in [2.45, 2.75) is 19.8 Å². The van der Waals surface area contributed by atoms with Gasteiger partial charge in [0.1, 0.15) is 5.82 Å². The zero-order valence-electron chi connectivity index (χ0n) is 8.66. The summed E-state index contributed by atoms with van der Waals surface area (Å²) in [5.41, 5.74) is 0. The molecule has 1 aromatic heterocycles. The lowest BCUT2D eigenvalue weighted by Crippen LogP contribution is -2.05. The van der Waals surface area contributed by atoms with Crippen LogP contribution in [0.5, 0.6) is 0 Å². The third-order valence-electron chi connectivity index (χ3n) is 1.83. The van der Waals surface area contributed by atoms with Crippen LogP contribution in [0, 0.1) is 0 Å². The van der Waals surface area contributed by atoms with E-state index in [1.165, 1.54) is 0 Å². The summed E-state index contributed by atoms with van der Waals surface area (Å²) in [5, 5.41) is 0. The molecule has 0 atom stereocenters. The van der Waals surface area contributed by atoms with Gasteiger partial charge in [-0.2, -0.15) is 0 Å². The molecule has 1 aromatic rings. The van der Waals surface area contributed by atoms with Gasteiger partial charge < -0.3 is 14.5 Å². The van der Waals surface area contributed by atoms with Crippen LogP contribution >= 0.6 is 0 Å². The van der Waals surface area contributed by atoms with Gasteiger partial charge in [0.25, 0.3) is 0 Å². The molecule has 0 aliphatic carbocycles. The van der Waals surface area contributed by atoms with E-state index < -0.39 is 0 Å². The Bertz CT molecular complexity index is 212. The molecule has 4 nitrogen and oxygen atoms in total. The van der Waals surface area contributed by atoms with Gasteiger partial charge in [-0.25, -0.2) is 4.98 Å². The molecule has 0 bridgehead atoms. The van der Waals surface area contributed by atoms with E-state index in [1.54, 1.807) is 6.20 Å². The molecule has 0 saturated carbocycles. The van der Waals surface area contributed by atoms with Crippen molar-refractivity contribution in [3.05, 3.63) is 18.2 Å². The first-order valence-corrected chi connectivity index (χ1v) is 5.07. The lowest BCUT2D eigenvalue weighted by Gasteiger charge is -2.03. The second kappa shape index (κ2) is 7.53. The van der Waals surface area contributed by atoms with Gasteiger partial charge in [0.05, 0.1) is 13.2 Å². The molecule has 0 unspecified atom stereocenters. The van der Waals surface area contributed by atoms with Crippen molar-refractivity contribution in [2.24, 2.45) is 0 Å². The van der Waals surface area contributed by atoms with Crippen molar-refractivity contribution in [1.82, 2.24) is 9.97 Å². The zero-order chi connectivity index (χ0) is 10.1. The molecule has 0 aliphatic rings. The van der Waals surface area contributed by atoms with E-state index in [9.17, 15) is 0 Å². The SMILES string of the molecule is CCOCCOCCCc1ncc[nH]1. The average molecular weight is 198 g/mol. The van der Waals surface area contributed by atoms with E-state index in [4.69, 9.17) is 9.47 Å². The topological polar surface area (TPSA) is 47.1 Å². The minimum absolute atomic E-state index is 0.687. The second-order valence-corrected chi connectivity index (χ2v) is 2.95. The summed E-state index contributed by atoms with van der Waals surface area (Å²) in [5.74, 6) is 1.03. The molecule has 0 saturated heterocycles. The molecule has 0 fully saturated rings. The maximum absolute atomic E-state index is 5.37. The molecular formula is C10H18N2O2. The molecular weight excluding hydrogens is 180 g/mol. The third-order valence-corrected chi connectivity index (χ3v) is 1.83. The number of imidazole rings is 1. The first-order valence-electron chi connectivity index (χ1n) is 5.07. The van der Waals surface area contributed by atoms with Crippen LogP contribution in [-0.4, -0.2) is 36.4 Å². The van der Waals surface area contributed by atoms with Crippen LogP contribution < -0.4 is 0 Å². The number of H-pyrrole nitrogens is 1. The highest BCUT2D eigenvalue weighted by molar-refractivity contribution is 4.86. The fourth-order valence-electron chi connectivity index (χ4n) is 1.14. The van der Waals surface area contributed by atoms with Gasteiger partial charge in [-0.1, -0.05) is 0 Å². The number of nitrogens with one attached hydrogen (secondary N) is 1. The van der Waals surface area contributed by atoms with Crippen molar-refractivity contribution in [3.63, 3.8) is 0 Å². The second-order valence-electron chi connectivity index (χ2n) is 2.95. The minimum Gasteiger partial charge on any atom is -0.379 e. The molecule has 0 spiro atoms. The van der Waals surface area contributed by atoms with Crippen LogP contribution in [0.25, 0.3) is 0 Å². The van der Waals surface area contributed by atoms with Crippen molar-refractivity contribution >= 4 is 0 Å². The standard InChI is InChI=1S/C10H18N2O2/c1-2-13-8-9-14-7-3-4-10-11-5-6-12-10/h5-6H,2-4,7-9H2,1H3,(H,11,12). The quantitative estimate of drug-likeness (QED) is 0.642. The molecule has 0 aliphatic heterocycles. The lowest BCUT2D eigenvalue weighted by atomic mass is 10.3. The molecule has 0 aromatic carbocycles. The Morgan fingerprint density at radius 3 is 2.86 bits per heavy atom. The highest BCUT2D eigenvalue weighted by Crippen LogP contribution is 1.94. The molecule has 0 radical (unpaired) electrons. The Labute approximate surface area is 84.6 Å². The molecule has 80 valence electrons. The van der Waals surface area contributed by atoms with E-state index >= 15 is 0 Å². The summed E-state index contributed by atoms with van der Waals surface area (Å²) < 4.78 is 10.5. The summed E-state index contributed by atoms with van der Waals surface area (Å²) in [6.07, 6.45) is 5.55. The number of hydrogen-bond acceptors (Lipinski definition) is 3. The third kappa shape index (κ3) is 4.99. The summed E-state index contributed by atoms with van der Waals surface area (Å²) in [6, 6.07) is 0. The van der Waals surface area contributed by atoms with Crippen LogP contribution in [0.3, 0.4) is 0 Å². The predicted octanol–water partition coefficient (Wildman–Crippen LogP) is 1.40. The Morgan fingerprint density at radius 2 is 2.14 bits per heavy atom. The van der Waals surface area contributed by atoms with Crippen molar-refractivity contribution < 1.29 is 9.47 Å². The highest BCUT2D eigenvalue weighted by atomic mass is 16.5. The number of aromatic nitrogens is 2. The molecule has 0 amide bonds. The van der Waals surface area contributed by atoms with Gasteiger partial charge >= 0.3 is 0 Å². The normalized spacial score (nSPS) is 10.6. The smallest absolute Gasteiger partial charge is 0.106 e. The monoisotopic (exact) mass is 198 g/mol. The van der Waals surface area contributed by atoms with Crippen LogP contribution in [0.15, 0.2) is 12.4 Å². The maximum atomic E-state index is 5.37. The molecule has 1 rings (SSSR count). The molecule has 4 heteroatoms. The van der Waals surface area contributed by atoms with Crippen molar-refractivity contribution in [3.8, 4) is 0 Å². The first kappa shape index (κ1) is 11.2. The average Bonchev–Trinajstić information content (AvgIpc) is 2.69. The van der Waals surface area contributed by atoms with Crippen LogP contribution in [0.2, 0.25) is 0 Å². The Hall–Kier alpha value is -0.870. The Kier molecular flexibility index (Phi) is 6.02. The molecule has 1 heterocycles. The van der Waals surface area contributed by atoms with Crippen molar-refractivity contribution in [1.29, 1.82) is 0 Å². The van der Waals surface area contributed by atoms with E-state index in [0.717, 1.165) is 31.9 Å². The van der Waals surface area contributed by atoms with Gasteiger partial charge in [-0.05, 0) is 13.3 Å². The first-order chi connectivity index (χ1) is 6.93. The van der Waals surface area contributed by atoms with Crippen LogP contribution in [0.4, 0.5) is 0 Å². The predicted molar refractivity (Wildman–Crippen MR) is 54.2 cm³/mol. The zero-order valence-corrected chi connectivity index (χ0v) is 8.66. The number of ether oxygens (including phenoxy) is 2. The summed E-state index contributed by atoms with van der Waals surface area (Å²) in [6.45, 7) is 4.89. The number of hydrogen-bond donors (Lipinski definition) is 1.